The highest BCUT2D eigenvalue weighted by Crippen LogP contribution is 2.39. The molecule has 0 aliphatic heterocycles. The predicted molar refractivity (Wildman–Crippen MR) is 132 cm³/mol. The number of alkyl halides is 3. The van der Waals surface area contributed by atoms with Crippen molar-refractivity contribution >= 4 is 16.9 Å². The van der Waals surface area contributed by atoms with Gasteiger partial charge in [-0.3, -0.25) is 4.98 Å². The van der Waals surface area contributed by atoms with Crippen LogP contribution in [0.2, 0.25) is 0 Å². The van der Waals surface area contributed by atoms with Crippen LogP contribution in [-0.4, -0.2) is 32.4 Å². The van der Waals surface area contributed by atoms with Crippen molar-refractivity contribution in [3.63, 3.8) is 0 Å². The van der Waals surface area contributed by atoms with E-state index in [4.69, 9.17) is 4.52 Å². The van der Waals surface area contributed by atoms with E-state index >= 15 is 0 Å². The Kier molecular flexibility index (Phi) is 7.20. The van der Waals surface area contributed by atoms with Crippen LogP contribution in [0.15, 0.2) is 65.4 Å². The minimum atomic E-state index is -4.44. The summed E-state index contributed by atoms with van der Waals surface area (Å²) in [6.45, 7) is 5.96. The number of benzene rings is 2. The molecule has 0 spiro atoms. The molecule has 0 aliphatic carbocycles. The summed E-state index contributed by atoms with van der Waals surface area (Å²) >= 11 is 0. The van der Waals surface area contributed by atoms with Crippen LogP contribution >= 0.6 is 0 Å². The number of hydrogen-bond donors (Lipinski definition) is 2. The molecule has 0 saturated heterocycles. The highest BCUT2D eigenvalue weighted by molar-refractivity contribution is 5.85. The largest absolute Gasteiger partial charge is 0.465 e. The van der Waals surface area contributed by atoms with Gasteiger partial charge in [0, 0.05) is 35.3 Å². The van der Waals surface area contributed by atoms with Gasteiger partial charge in [-0.15, -0.1) is 0 Å². The predicted octanol–water partition coefficient (Wildman–Crippen LogP) is 6.70. The molecule has 4 rings (SSSR count). The number of carboxylic acid groups (broad SMARTS) is 1. The first-order valence-corrected chi connectivity index (χ1v) is 11.7. The van der Waals surface area contributed by atoms with E-state index in [-0.39, 0.29) is 17.8 Å². The SMILES string of the molecule is CC(C)(C)C(CC(Cc1ccc(C(F)(F)F)cc1)NC(=O)O)c1nc(-c2ccc3cnccc3c2)no1. The summed E-state index contributed by atoms with van der Waals surface area (Å²) < 4.78 is 44.4. The molecular weight excluding hydrogens is 485 g/mol. The van der Waals surface area contributed by atoms with Crippen LogP contribution in [0.5, 0.6) is 0 Å². The smallest absolute Gasteiger partial charge is 0.416 e. The van der Waals surface area contributed by atoms with Crippen molar-refractivity contribution in [2.75, 3.05) is 0 Å². The average Bonchev–Trinajstić information content (AvgIpc) is 3.30. The number of pyridine rings is 1. The van der Waals surface area contributed by atoms with Gasteiger partial charge in [-0.2, -0.15) is 18.2 Å². The number of rotatable bonds is 7. The Morgan fingerprint density at radius 2 is 1.78 bits per heavy atom. The first-order valence-electron chi connectivity index (χ1n) is 11.7. The van der Waals surface area contributed by atoms with Gasteiger partial charge in [0.25, 0.3) is 0 Å². The van der Waals surface area contributed by atoms with Crippen molar-refractivity contribution in [3.8, 4) is 11.4 Å². The van der Waals surface area contributed by atoms with Gasteiger partial charge >= 0.3 is 12.3 Å². The molecule has 0 fully saturated rings. The van der Waals surface area contributed by atoms with Crippen LogP contribution in [0, 0.1) is 5.41 Å². The van der Waals surface area contributed by atoms with E-state index in [0.29, 0.717) is 23.7 Å². The van der Waals surface area contributed by atoms with Gasteiger partial charge in [-0.25, -0.2) is 4.79 Å². The second-order valence-corrected chi connectivity index (χ2v) is 10.1. The third-order valence-corrected chi connectivity index (χ3v) is 6.30. The monoisotopic (exact) mass is 512 g/mol. The summed E-state index contributed by atoms with van der Waals surface area (Å²) in [5, 5.41) is 18.1. The Morgan fingerprint density at radius 3 is 2.43 bits per heavy atom. The molecule has 2 aromatic heterocycles. The Balaban J connectivity index is 1.59. The molecule has 0 bridgehead atoms. The van der Waals surface area contributed by atoms with Gasteiger partial charge < -0.3 is 14.9 Å². The maximum atomic E-state index is 12.9. The van der Waals surface area contributed by atoms with Gasteiger partial charge in [0.1, 0.15) is 0 Å². The Bertz CT molecular complexity index is 1380. The molecule has 1 amide bonds. The molecular formula is C27H27F3N4O3. The molecule has 0 radical (unpaired) electrons. The molecule has 0 saturated carbocycles. The molecule has 2 atom stereocenters. The van der Waals surface area contributed by atoms with Crippen LogP contribution in [-0.2, 0) is 12.6 Å². The first kappa shape index (κ1) is 26.1. The average molecular weight is 513 g/mol. The highest BCUT2D eigenvalue weighted by atomic mass is 19.4. The fourth-order valence-corrected chi connectivity index (χ4v) is 4.31. The zero-order valence-corrected chi connectivity index (χ0v) is 20.6. The number of halogens is 3. The van der Waals surface area contributed by atoms with E-state index in [2.05, 4.69) is 20.4 Å². The van der Waals surface area contributed by atoms with Crippen molar-refractivity contribution in [1.82, 2.24) is 20.4 Å². The van der Waals surface area contributed by atoms with E-state index in [0.717, 1.165) is 28.5 Å². The maximum absolute atomic E-state index is 12.9. The fraction of sp³-hybridized carbons (Fsp3) is 0.333. The van der Waals surface area contributed by atoms with E-state index < -0.39 is 23.9 Å². The standard InChI is InChI=1S/C27H27F3N4O3/c1-26(2,3)22(14-21(32-25(35)36)12-16-4-8-20(9-5-16)27(28,29)30)24-33-23(34-37-24)18-6-7-19-15-31-11-10-17(19)13-18/h4-11,13,15,21-22,32H,12,14H2,1-3H3,(H,35,36). The number of nitrogens with one attached hydrogen (secondary N) is 1. The number of aromatic nitrogens is 3. The summed E-state index contributed by atoms with van der Waals surface area (Å²) in [5.41, 5.74) is 0.217. The number of hydrogen-bond acceptors (Lipinski definition) is 5. The molecule has 2 heterocycles. The van der Waals surface area contributed by atoms with E-state index in [1.165, 1.54) is 12.1 Å². The molecule has 4 aromatic rings. The topological polar surface area (TPSA) is 101 Å². The Morgan fingerprint density at radius 1 is 1.05 bits per heavy atom. The molecule has 2 unspecified atom stereocenters. The summed E-state index contributed by atoms with van der Waals surface area (Å²) in [5.74, 6) is 0.445. The van der Waals surface area contributed by atoms with Crippen molar-refractivity contribution in [2.45, 2.75) is 51.7 Å². The van der Waals surface area contributed by atoms with Crippen LogP contribution in [0.3, 0.4) is 0 Å². The van der Waals surface area contributed by atoms with Crippen molar-refractivity contribution in [3.05, 3.63) is 77.9 Å². The van der Waals surface area contributed by atoms with Crippen LogP contribution in [0.1, 0.15) is 50.1 Å². The molecule has 2 aromatic carbocycles. The van der Waals surface area contributed by atoms with Gasteiger partial charge in [-0.1, -0.05) is 50.2 Å². The second kappa shape index (κ2) is 10.2. The van der Waals surface area contributed by atoms with Crippen molar-refractivity contribution in [1.29, 1.82) is 0 Å². The fourth-order valence-electron chi connectivity index (χ4n) is 4.31. The molecule has 10 heteroatoms. The van der Waals surface area contributed by atoms with Crippen molar-refractivity contribution in [2.24, 2.45) is 5.41 Å². The molecule has 7 nitrogen and oxygen atoms in total. The lowest BCUT2D eigenvalue weighted by molar-refractivity contribution is -0.137. The van der Waals surface area contributed by atoms with E-state index in [9.17, 15) is 23.1 Å². The number of nitrogens with zero attached hydrogens (tertiary/aromatic N) is 3. The van der Waals surface area contributed by atoms with Crippen molar-refractivity contribution < 1.29 is 27.6 Å². The summed E-state index contributed by atoms with van der Waals surface area (Å²) in [6, 6.07) is 11.8. The minimum absolute atomic E-state index is 0.205. The quantitative estimate of drug-likeness (QED) is 0.286. The lowest BCUT2D eigenvalue weighted by atomic mass is 9.76. The van der Waals surface area contributed by atoms with Gasteiger partial charge in [-0.05, 0) is 53.5 Å². The van der Waals surface area contributed by atoms with Crippen LogP contribution < -0.4 is 5.32 Å². The zero-order valence-electron chi connectivity index (χ0n) is 20.6. The third kappa shape index (κ3) is 6.44. The summed E-state index contributed by atoms with van der Waals surface area (Å²) in [7, 11) is 0. The number of fused-ring (bicyclic) bond motifs is 1. The molecule has 0 aliphatic rings. The Hall–Kier alpha value is -3.95. The summed E-state index contributed by atoms with van der Waals surface area (Å²) in [4.78, 5) is 20.3. The highest BCUT2D eigenvalue weighted by Gasteiger charge is 2.35. The lowest BCUT2D eigenvalue weighted by Crippen LogP contribution is -2.38. The minimum Gasteiger partial charge on any atom is -0.465 e. The number of amides is 1. The summed E-state index contributed by atoms with van der Waals surface area (Å²) in [6.07, 6.45) is -1.68. The Labute approximate surface area is 211 Å². The second-order valence-electron chi connectivity index (χ2n) is 10.1. The van der Waals surface area contributed by atoms with Gasteiger partial charge in [0.2, 0.25) is 11.7 Å². The number of carbonyl (C=O) groups is 1. The molecule has 194 valence electrons. The van der Waals surface area contributed by atoms with Crippen LogP contribution in [0.25, 0.3) is 22.2 Å². The normalized spacial score (nSPS) is 13.9. The zero-order chi connectivity index (χ0) is 26.8. The van der Waals surface area contributed by atoms with Crippen LogP contribution in [0.4, 0.5) is 18.0 Å². The first-order chi connectivity index (χ1) is 17.4. The van der Waals surface area contributed by atoms with Gasteiger partial charge in [0.05, 0.1) is 5.56 Å². The van der Waals surface area contributed by atoms with E-state index in [1.54, 1.807) is 12.4 Å². The lowest BCUT2D eigenvalue weighted by Gasteiger charge is -2.31. The molecule has 2 N–H and O–H groups in total. The molecule has 37 heavy (non-hydrogen) atoms. The maximum Gasteiger partial charge on any atom is 0.416 e. The van der Waals surface area contributed by atoms with E-state index in [1.807, 2.05) is 45.0 Å². The van der Waals surface area contributed by atoms with Gasteiger partial charge in [0.15, 0.2) is 0 Å². The third-order valence-electron chi connectivity index (χ3n) is 6.30.